The van der Waals surface area contributed by atoms with Crippen molar-refractivity contribution >= 4 is 0 Å². The lowest BCUT2D eigenvalue weighted by Gasteiger charge is -2.26. The van der Waals surface area contributed by atoms with Gasteiger partial charge in [0.25, 0.3) is 0 Å². The Morgan fingerprint density at radius 2 is 2.17 bits per heavy atom. The number of hydrogen-bond acceptors (Lipinski definition) is 4. The fraction of sp³-hybridized carbons (Fsp3) is 0.643. The van der Waals surface area contributed by atoms with E-state index in [2.05, 4.69) is 9.88 Å². The highest BCUT2D eigenvalue weighted by Crippen LogP contribution is 2.20. The van der Waals surface area contributed by atoms with Crippen molar-refractivity contribution < 1.29 is 4.74 Å². The summed E-state index contributed by atoms with van der Waals surface area (Å²) in [6.07, 6.45) is 5.75. The molecule has 18 heavy (non-hydrogen) atoms. The van der Waals surface area contributed by atoms with E-state index in [0.29, 0.717) is 12.5 Å². The van der Waals surface area contributed by atoms with Crippen LogP contribution in [0.2, 0.25) is 0 Å². The molecule has 0 spiro atoms. The molecule has 1 fully saturated rings. The van der Waals surface area contributed by atoms with Gasteiger partial charge >= 0.3 is 0 Å². The third kappa shape index (κ3) is 3.68. The number of likely N-dealkylation sites (tertiary alicyclic amines) is 1. The molecule has 2 N–H and O–H groups in total. The van der Waals surface area contributed by atoms with Crippen LogP contribution in [0, 0.1) is 0 Å². The number of nitrogens with two attached hydrogens (primary N) is 1. The minimum Gasteiger partial charge on any atom is -0.476 e. The third-order valence-electron chi connectivity index (χ3n) is 3.39. The fourth-order valence-electron chi connectivity index (χ4n) is 2.32. The zero-order chi connectivity index (χ0) is 12.8. The van der Waals surface area contributed by atoms with Crippen LogP contribution in [-0.4, -0.2) is 36.1 Å². The number of hydrogen-bond donors (Lipinski definition) is 1. The van der Waals surface area contributed by atoms with E-state index in [9.17, 15) is 0 Å². The molecule has 4 heteroatoms. The largest absolute Gasteiger partial charge is 0.476 e. The Labute approximate surface area is 109 Å². The van der Waals surface area contributed by atoms with E-state index in [-0.39, 0.29) is 6.04 Å². The van der Waals surface area contributed by atoms with E-state index in [1.54, 1.807) is 6.20 Å². The highest BCUT2D eigenvalue weighted by Gasteiger charge is 2.11. The van der Waals surface area contributed by atoms with Gasteiger partial charge in [0.2, 0.25) is 5.88 Å². The van der Waals surface area contributed by atoms with Gasteiger partial charge in [-0.3, -0.25) is 4.90 Å². The quantitative estimate of drug-likeness (QED) is 0.866. The van der Waals surface area contributed by atoms with E-state index in [4.69, 9.17) is 10.5 Å². The second kappa shape index (κ2) is 6.71. The van der Waals surface area contributed by atoms with Gasteiger partial charge in [-0.05, 0) is 38.9 Å². The lowest BCUT2D eigenvalue weighted by Crippen LogP contribution is -2.33. The first-order valence-electron chi connectivity index (χ1n) is 6.83. The Bertz CT molecular complexity index is 362. The van der Waals surface area contributed by atoms with Crippen LogP contribution >= 0.6 is 0 Å². The average Bonchev–Trinajstić information content (AvgIpc) is 2.40. The molecule has 0 saturated carbocycles. The molecule has 0 amide bonds. The molecule has 1 aromatic rings. The summed E-state index contributed by atoms with van der Waals surface area (Å²) in [5.74, 6) is 0.685. The van der Waals surface area contributed by atoms with Crippen molar-refractivity contribution in [1.82, 2.24) is 9.88 Å². The van der Waals surface area contributed by atoms with Gasteiger partial charge in [0, 0.05) is 24.3 Å². The van der Waals surface area contributed by atoms with Gasteiger partial charge in [0.1, 0.15) is 6.61 Å². The van der Waals surface area contributed by atoms with Crippen LogP contribution in [0.3, 0.4) is 0 Å². The van der Waals surface area contributed by atoms with Crippen molar-refractivity contribution in [1.29, 1.82) is 0 Å². The van der Waals surface area contributed by atoms with Crippen LogP contribution in [0.1, 0.15) is 37.8 Å². The van der Waals surface area contributed by atoms with Gasteiger partial charge in [0.05, 0.1) is 0 Å². The summed E-state index contributed by atoms with van der Waals surface area (Å²) < 4.78 is 5.77. The molecule has 2 heterocycles. The lowest BCUT2D eigenvalue weighted by atomic mass is 10.1. The van der Waals surface area contributed by atoms with E-state index in [1.165, 1.54) is 32.4 Å². The number of piperidine rings is 1. The van der Waals surface area contributed by atoms with E-state index in [1.807, 2.05) is 19.1 Å². The average molecular weight is 249 g/mol. The van der Waals surface area contributed by atoms with Crippen molar-refractivity contribution in [3.05, 3.63) is 23.9 Å². The molecule has 1 aliphatic heterocycles. The van der Waals surface area contributed by atoms with Gasteiger partial charge < -0.3 is 10.5 Å². The van der Waals surface area contributed by atoms with Gasteiger partial charge in [-0.25, -0.2) is 4.98 Å². The maximum Gasteiger partial charge on any atom is 0.218 e. The van der Waals surface area contributed by atoms with Crippen LogP contribution in [0.25, 0.3) is 0 Å². The summed E-state index contributed by atoms with van der Waals surface area (Å²) in [6.45, 7) is 6.03. The van der Waals surface area contributed by atoms with Crippen LogP contribution in [0.5, 0.6) is 5.88 Å². The maximum absolute atomic E-state index is 5.90. The summed E-state index contributed by atoms with van der Waals surface area (Å²) in [6, 6.07) is 3.84. The zero-order valence-electron chi connectivity index (χ0n) is 11.1. The van der Waals surface area contributed by atoms with Crippen molar-refractivity contribution in [3.8, 4) is 5.88 Å². The van der Waals surface area contributed by atoms with Crippen LogP contribution in [-0.2, 0) is 0 Å². The standard InChI is InChI=1S/C14H23N3O/c1-12(15)13-6-5-7-16-14(13)18-11-10-17-8-3-2-4-9-17/h5-7,12H,2-4,8-11,15H2,1H3. The molecule has 1 saturated heterocycles. The summed E-state index contributed by atoms with van der Waals surface area (Å²) in [4.78, 5) is 6.72. The maximum atomic E-state index is 5.90. The second-order valence-electron chi connectivity index (χ2n) is 4.94. The molecular formula is C14H23N3O. The Kier molecular flexibility index (Phi) is 4.96. The molecule has 1 atom stereocenters. The van der Waals surface area contributed by atoms with Crippen LogP contribution < -0.4 is 10.5 Å². The minimum atomic E-state index is -0.0383. The van der Waals surface area contributed by atoms with E-state index in [0.717, 1.165) is 12.1 Å². The summed E-state index contributed by atoms with van der Waals surface area (Å²) in [7, 11) is 0. The molecule has 0 aliphatic carbocycles. The van der Waals surface area contributed by atoms with Crippen LogP contribution in [0.4, 0.5) is 0 Å². The van der Waals surface area contributed by atoms with Crippen molar-refractivity contribution in [2.75, 3.05) is 26.2 Å². The van der Waals surface area contributed by atoms with E-state index >= 15 is 0 Å². The Morgan fingerprint density at radius 3 is 2.89 bits per heavy atom. The van der Waals surface area contributed by atoms with Gasteiger partial charge in [-0.15, -0.1) is 0 Å². The predicted octanol–water partition coefficient (Wildman–Crippen LogP) is 1.97. The van der Waals surface area contributed by atoms with E-state index < -0.39 is 0 Å². The molecule has 4 nitrogen and oxygen atoms in total. The first-order chi connectivity index (χ1) is 8.77. The number of nitrogens with zero attached hydrogens (tertiary/aromatic N) is 2. The number of rotatable bonds is 5. The number of ether oxygens (including phenoxy) is 1. The second-order valence-corrected chi connectivity index (χ2v) is 4.94. The topological polar surface area (TPSA) is 51.4 Å². The SMILES string of the molecule is CC(N)c1cccnc1OCCN1CCCCC1. The molecule has 1 aromatic heterocycles. The van der Waals surface area contributed by atoms with Gasteiger partial charge in [-0.2, -0.15) is 0 Å². The molecule has 2 rings (SSSR count). The summed E-state index contributed by atoms with van der Waals surface area (Å²) >= 11 is 0. The van der Waals surface area contributed by atoms with Crippen molar-refractivity contribution in [3.63, 3.8) is 0 Å². The molecular weight excluding hydrogens is 226 g/mol. The Hall–Kier alpha value is -1.13. The van der Waals surface area contributed by atoms with Gasteiger partial charge in [-0.1, -0.05) is 12.5 Å². The normalized spacial score (nSPS) is 18.6. The first kappa shape index (κ1) is 13.3. The minimum absolute atomic E-state index is 0.0383. The number of aromatic nitrogens is 1. The van der Waals surface area contributed by atoms with Crippen molar-refractivity contribution in [2.45, 2.75) is 32.2 Å². The van der Waals surface area contributed by atoms with Crippen molar-refractivity contribution in [2.24, 2.45) is 5.73 Å². The van der Waals surface area contributed by atoms with Gasteiger partial charge in [0.15, 0.2) is 0 Å². The highest BCUT2D eigenvalue weighted by atomic mass is 16.5. The Morgan fingerprint density at radius 1 is 1.39 bits per heavy atom. The summed E-state index contributed by atoms with van der Waals surface area (Å²) in [5.41, 5.74) is 6.88. The summed E-state index contributed by atoms with van der Waals surface area (Å²) in [5, 5.41) is 0. The number of pyridine rings is 1. The first-order valence-corrected chi connectivity index (χ1v) is 6.83. The smallest absolute Gasteiger partial charge is 0.218 e. The molecule has 0 bridgehead atoms. The lowest BCUT2D eigenvalue weighted by molar-refractivity contribution is 0.179. The predicted molar refractivity (Wildman–Crippen MR) is 72.6 cm³/mol. The molecule has 0 radical (unpaired) electrons. The monoisotopic (exact) mass is 249 g/mol. The highest BCUT2D eigenvalue weighted by molar-refractivity contribution is 5.28. The Balaban J connectivity index is 1.82. The third-order valence-corrected chi connectivity index (χ3v) is 3.39. The van der Waals surface area contributed by atoms with Crippen LogP contribution in [0.15, 0.2) is 18.3 Å². The molecule has 1 unspecified atom stereocenters. The molecule has 0 aromatic carbocycles. The molecule has 1 aliphatic rings. The zero-order valence-corrected chi connectivity index (χ0v) is 11.1. The molecule has 100 valence electrons. The fourth-order valence-corrected chi connectivity index (χ4v) is 2.32.